The van der Waals surface area contributed by atoms with E-state index in [1.54, 1.807) is 30.2 Å². The van der Waals surface area contributed by atoms with Gasteiger partial charge in [-0.3, -0.25) is 0 Å². The zero-order valence-corrected chi connectivity index (χ0v) is 17.9. The monoisotopic (exact) mass is 427 g/mol. The van der Waals surface area contributed by atoms with Crippen LogP contribution in [0, 0.1) is 0 Å². The van der Waals surface area contributed by atoms with Crippen LogP contribution in [0.15, 0.2) is 51.5 Å². The van der Waals surface area contributed by atoms with Crippen molar-refractivity contribution in [2.24, 2.45) is 0 Å². The molecule has 150 valence electrons. The highest BCUT2D eigenvalue weighted by Crippen LogP contribution is 2.26. The lowest BCUT2D eigenvalue weighted by Gasteiger charge is -2.07. The number of thiophene rings is 1. The van der Waals surface area contributed by atoms with Crippen molar-refractivity contribution in [2.75, 3.05) is 12.9 Å². The van der Waals surface area contributed by atoms with Gasteiger partial charge in [0.1, 0.15) is 5.75 Å². The fourth-order valence-corrected chi connectivity index (χ4v) is 4.47. The molecule has 0 saturated carbocycles. The van der Waals surface area contributed by atoms with Crippen molar-refractivity contribution < 1.29 is 9.26 Å². The van der Waals surface area contributed by atoms with Crippen LogP contribution in [-0.4, -0.2) is 37.8 Å². The third kappa shape index (κ3) is 4.51. The molecule has 0 amide bonds. The lowest BCUT2D eigenvalue weighted by Crippen LogP contribution is -2.00. The zero-order chi connectivity index (χ0) is 20.1. The standard InChI is InChI=1S/C20H21N5O2S2/c1-3-25-19(14-8-10-15(26-2)11-9-14)22-23-20(25)29-13-5-7-17-21-18(24-27-17)16-6-4-12-28-16/h4,6,8-12H,3,5,7,13H2,1-2H3. The minimum Gasteiger partial charge on any atom is -0.497 e. The van der Waals surface area contributed by atoms with Crippen molar-refractivity contribution in [1.29, 1.82) is 0 Å². The summed E-state index contributed by atoms with van der Waals surface area (Å²) in [6.07, 6.45) is 1.67. The molecule has 7 nitrogen and oxygen atoms in total. The van der Waals surface area contributed by atoms with Gasteiger partial charge in [-0.1, -0.05) is 23.0 Å². The van der Waals surface area contributed by atoms with Gasteiger partial charge in [-0.25, -0.2) is 0 Å². The van der Waals surface area contributed by atoms with Crippen LogP contribution in [0.3, 0.4) is 0 Å². The highest BCUT2D eigenvalue weighted by atomic mass is 32.2. The Morgan fingerprint density at radius 3 is 2.76 bits per heavy atom. The van der Waals surface area contributed by atoms with Crippen LogP contribution in [0.1, 0.15) is 19.2 Å². The maximum absolute atomic E-state index is 5.36. The molecule has 0 aliphatic rings. The number of rotatable bonds is 9. The molecular weight excluding hydrogens is 406 g/mol. The highest BCUT2D eigenvalue weighted by molar-refractivity contribution is 7.99. The number of ether oxygens (including phenoxy) is 1. The Bertz CT molecular complexity index is 1040. The van der Waals surface area contributed by atoms with Crippen LogP contribution >= 0.6 is 23.1 Å². The molecule has 29 heavy (non-hydrogen) atoms. The van der Waals surface area contributed by atoms with Gasteiger partial charge in [0, 0.05) is 24.3 Å². The van der Waals surface area contributed by atoms with Crippen LogP contribution in [0.2, 0.25) is 0 Å². The molecule has 4 rings (SSSR count). The molecule has 0 spiro atoms. The van der Waals surface area contributed by atoms with Gasteiger partial charge in [0.05, 0.1) is 12.0 Å². The van der Waals surface area contributed by atoms with Gasteiger partial charge in [0.25, 0.3) is 0 Å². The molecule has 0 radical (unpaired) electrons. The fraction of sp³-hybridized carbons (Fsp3) is 0.300. The second kappa shape index (κ2) is 9.23. The van der Waals surface area contributed by atoms with Crippen molar-refractivity contribution >= 4 is 23.1 Å². The Labute approximate surface area is 177 Å². The van der Waals surface area contributed by atoms with E-state index in [0.717, 1.165) is 52.3 Å². The molecular formula is C20H21N5O2S2. The smallest absolute Gasteiger partial charge is 0.227 e. The second-order valence-electron chi connectivity index (χ2n) is 6.22. The summed E-state index contributed by atoms with van der Waals surface area (Å²) in [4.78, 5) is 5.49. The van der Waals surface area contributed by atoms with Crippen LogP contribution in [-0.2, 0) is 13.0 Å². The van der Waals surface area contributed by atoms with E-state index in [1.807, 2.05) is 41.8 Å². The van der Waals surface area contributed by atoms with Crippen molar-refractivity contribution in [2.45, 2.75) is 31.5 Å². The lowest BCUT2D eigenvalue weighted by molar-refractivity contribution is 0.378. The molecule has 1 aromatic carbocycles. The topological polar surface area (TPSA) is 78.9 Å². The Morgan fingerprint density at radius 1 is 1.17 bits per heavy atom. The molecule has 0 bridgehead atoms. The van der Waals surface area contributed by atoms with E-state index < -0.39 is 0 Å². The van der Waals surface area contributed by atoms with Crippen molar-refractivity contribution in [3.8, 4) is 27.8 Å². The Balaban J connectivity index is 1.34. The van der Waals surface area contributed by atoms with Crippen LogP contribution < -0.4 is 4.74 Å². The van der Waals surface area contributed by atoms with E-state index in [9.17, 15) is 0 Å². The van der Waals surface area contributed by atoms with Gasteiger partial charge in [0.15, 0.2) is 11.0 Å². The summed E-state index contributed by atoms with van der Waals surface area (Å²) < 4.78 is 12.7. The first-order chi connectivity index (χ1) is 14.3. The highest BCUT2D eigenvalue weighted by Gasteiger charge is 2.14. The summed E-state index contributed by atoms with van der Waals surface area (Å²) >= 11 is 3.30. The molecule has 0 aliphatic heterocycles. The van der Waals surface area contributed by atoms with Gasteiger partial charge < -0.3 is 13.8 Å². The summed E-state index contributed by atoms with van der Waals surface area (Å²) in [5.41, 5.74) is 1.03. The Morgan fingerprint density at radius 2 is 2.03 bits per heavy atom. The molecule has 0 aliphatic carbocycles. The average molecular weight is 428 g/mol. The molecule has 0 fully saturated rings. The number of aryl methyl sites for hydroxylation is 1. The summed E-state index contributed by atoms with van der Waals surface area (Å²) in [7, 11) is 1.66. The first-order valence-electron chi connectivity index (χ1n) is 9.35. The molecule has 0 atom stereocenters. The summed E-state index contributed by atoms with van der Waals surface area (Å²) in [5.74, 6) is 3.93. The SMILES string of the molecule is CCn1c(SCCCc2nc(-c3cccs3)no2)nnc1-c1ccc(OC)cc1. The van der Waals surface area contributed by atoms with E-state index >= 15 is 0 Å². The van der Waals surface area contributed by atoms with Crippen molar-refractivity contribution in [1.82, 2.24) is 24.9 Å². The van der Waals surface area contributed by atoms with Gasteiger partial charge in [-0.05, 0) is 49.1 Å². The summed E-state index contributed by atoms with van der Waals surface area (Å²) in [6.45, 7) is 2.91. The third-order valence-corrected chi connectivity index (χ3v) is 6.28. The lowest BCUT2D eigenvalue weighted by atomic mass is 10.2. The first kappa shape index (κ1) is 19.7. The van der Waals surface area contributed by atoms with E-state index in [-0.39, 0.29) is 0 Å². The molecule has 3 aromatic heterocycles. The van der Waals surface area contributed by atoms with E-state index in [2.05, 4.69) is 31.8 Å². The molecule has 4 aromatic rings. The molecule has 0 unspecified atom stereocenters. The minimum absolute atomic E-state index is 0.664. The largest absolute Gasteiger partial charge is 0.497 e. The van der Waals surface area contributed by atoms with Gasteiger partial charge in [-0.15, -0.1) is 21.5 Å². The molecule has 0 N–H and O–H groups in total. The Hall–Kier alpha value is -2.65. The molecule has 0 saturated heterocycles. The number of thioether (sulfide) groups is 1. The first-order valence-corrected chi connectivity index (χ1v) is 11.2. The number of nitrogens with zero attached hydrogens (tertiary/aromatic N) is 5. The minimum atomic E-state index is 0.664. The van der Waals surface area contributed by atoms with Gasteiger partial charge >= 0.3 is 0 Å². The predicted molar refractivity (Wildman–Crippen MR) is 114 cm³/mol. The van der Waals surface area contributed by atoms with Crippen molar-refractivity contribution in [3.05, 3.63) is 47.7 Å². The van der Waals surface area contributed by atoms with Gasteiger partial charge in [-0.2, -0.15) is 4.98 Å². The Kier molecular flexibility index (Phi) is 6.26. The quantitative estimate of drug-likeness (QED) is 0.280. The molecule has 9 heteroatoms. The second-order valence-corrected chi connectivity index (χ2v) is 8.23. The number of hydrogen-bond donors (Lipinski definition) is 0. The number of hydrogen-bond acceptors (Lipinski definition) is 8. The zero-order valence-electron chi connectivity index (χ0n) is 16.2. The maximum Gasteiger partial charge on any atom is 0.227 e. The summed E-state index contributed by atoms with van der Waals surface area (Å²) in [5, 5.41) is 15.8. The van der Waals surface area contributed by atoms with E-state index in [0.29, 0.717) is 11.7 Å². The van der Waals surface area contributed by atoms with E-state index in [1.165, 1.54) is 0 Å². The van der Waals surface area contributed by atoms with E-state index in [4.69, 9.17) is 9.26 Å². The number of aromatic nitrogens is 5. The summed E-state index contributed by atoms with van der Waals surface area (Å²) in [6, 6.07) is 11.9. The maximum atomic E-state index is 5.36. The molecule has 3 heterocycles. The predicted octanol–water partition coefficient (Wildman–Crippen LogP) is 4.81. The fourth-order valence-electron chi connectivity index (χ4n) is 2.88. The normalized spacial score (nSPS) is 11.1. The van der Waals surface area contributed by atoms with Gasteiger partial charge in [0.2, 0.25) is 11.7 Å². The third-order valence-electron chi connectivity index (χ3n) is 4.36. The number of benzene rings is 1. The van der Waals surface area contributed by atoms with Crippen LogP contribution in [0.25, 0.3) is 22.1 Å². The van der Waals surface area contributed by atoms with Crippen molar-refractivity contribution in [3.63, 3.8) is 0 Å². The number of methoxy groups -OCH3 is 1. The van der Waals surface area contributed by atoms with Crippen LogP contribution in [0.4, 0.5) is 0 Å². The van der Waals surface area contributed by atoms with Crippen LogP contribution in [0.5, 0.6) is 5.75 Å². The average Bonchev–Trinajstić information content (AvgIpc) is 3.51.